The topological polar surface area (TPSA) is 60.0 Å². The summed E-state index contributed by atoms with van der Waals surface area (Å²) in [6.45, 7) is 3.23. The van der Waals surface area contributed by atoms with Crippen molar-refractivity contribution in [1.29, 1.82) is 0 Å². The maximum Gasteiger partial charge on any atom is 0.128 e. The minimum atomic E-state index is 0.498. The van der Waals surface area contributed by atoms with Gasteiger partial charge in [0.2, 0.25) is 0 Å². The third-order valence-corrected chi connectivity index (χ3v) is 4.10. The smallest absolute Gasteiger partial charge is 0.128 e. The number of pyridine rings is 1. The fraction of sp³-hybridized carbons (Fsp3) is 0.250. The van der Waals surface area contributed by atoms with Crippen LogP contribution in [0.3, 0.4) is 0 Å². The number of para-hydroxylation sites is 1. The highest BCUT2D eigenvalue weighted by atomic mass is 15.2. The molecule has 1 aliphatic rings. The molecule has 5 heteroatoms. The summed E-state index contributed by atoms with van der Waals surface area (Å²) in [6.07, 6.45) is 5.81. The third-order valence-electron chi connectivity index (χ3n) is 4.10. The highest BCUT2D eigenvalue weighted by Crippen LogP contribution is 2.31. The van der Waals surface area contributed by atoms with E-state index in [-0.39, 0.29) is 0 Å². The van der Waals surface area contributed by atoms with Crippen LogP contribution in [0.15, 0.2) is 42.9 Å². The first-order valence-corrected chi connectivity index (χ1v) is 7.18. The molecule has 1 aromatic carbocycles. The summed E-state index contributed by atoms with van der Waals surface area (Å²) in [6, 6.07) is 8.24. The highest BCUT2D eigenvalue weighted by Gasteiger charge is 2.21. The summed E-state index contributed by atoms with van der Waals surface area (Å²) >= 11 is 0. The fourth-order valence-electron chi connectivity index (χ4n) is 3.06. The number of imidazole rings is 1. The van der Waals surface area contributed by atoms with Gasteiger partial charge < -0.3 is 15.2 Å². The average molecular weight is 279 g/mol. The Hall–Kier alpha value is -2.40. The summed E-state index contributed by atoms with van der Waals surface area (Å²) < 4.78 is 2.21. The van der Waals surface area contributed by atoms with E-state index in [1.54, 1.807) is 0 Å². The number of nitrogens with zero attached hydrogens (tertiary/aromatic N) is 4. The van der Waals surface area contributed by atoms with Crippen LogP contribution in [0.5, 0.6) is 0 Å². The summed E-state index contributed by atoms with van der Waals surface area (Å²) in [7, 11) is 0. The summed E-state index contributed by atoms with van der Waals surface area (Å²) in [4.78, 5) is 11.3. The molecular formula is C16H17N5. The molecule has 4 rings (SSSR count). The molecule has 0 spiro atoms. The second-order valence-electron chi connectivity index (χ2n) is 5.31. The van der Waals surface area contributed by atoms with E-state index in [2.05, 4.69) is 31.6 Å². The Kier molecular flexibility index (Phi) is 2.86. The monoisotopic (exact) mass is 279 g/mol. The largest absolute Gasteiger partial charge is 0.361 e. The molecule has 106 valence electrons. The van der Waals surface area contributed by atoms with Crippen LogP contribution in [0.25, 0.3) is 10.9 Å². The van der Waals surface area contributed by atoms with Crippen molar-refractivity contribution in [3.8, 4) is 0 Å². The van der Waals surface area contributed by atoms with E-state index >= 15 is 0 Å². The summed E-state index contributed by atoms with van der Waals surface area (Å²) in [5.74, 6) is 1.10. The van der Waals surface area contributed by atoms with Gasteiger partial charge in [0.05, 0.1) is 17.7 Å². The second-order valence-corrected chi connectivity index (χ2v) is 5.31. The number of rotatable bonds is 2. The first-order chi connectivity index (χ1) is 10.4. The van der Waals surface area contributed by atoms with Crippen LogP contribution in [-0.2, 0) is 19.6 Å². The van der Waals surface area contributed by atoms with Crippen LogP contribution in [0.1, 0.15) is 11.4 Å². The van der Waals surface area contributed by atoms with Gasteiger partial charge in [0.15, 0.2) is 0 Å². The van der Waals surface area contributed by atoms with Gasteiger partial charge in [-0.05, 0) is 6.07 Å². The van der Waals surface area contributed by atoms with Gasteiger partial charge in [-0.25, -0.2) is 4.98 Å². The van der Waals surface area contributed by atoms with Gasteiger partial charge in [-0.15, -0.1) is 0 Å². The lowest BCUT2D eigenvalue weighted by molar-refractivity contribution is 0.560. The molecular weight excluding hydrogens is 262 g/mol. The Morgan fingerprint density at radius 3 is 2.95 bits per heavy atom. The molecule has 0 saturated heterocycles. The van der Waals surface area contributed by atoms with Crippen molar-refractivity contribution in [3.05, 3.63) is 54.2 Å². The van der Waals surface area contributed by atoms with E-state index in [0.717, 1.165) is 36.5 Å². The second kappa shape index (κ2) is 4.86. The van der Waals surface area contributed by atoms with Crippen molar-refractivity contribution >= 4 is 16.6 Å². The number of hydrogen-bond acceptors (Lipinski definition) is 4. The molecule has 1 aliphatic heterocycles. The Labute approximate surface area is 123 Å². The molecule has 21 heavy (non-hydrogen) atoms. The zero-order chi connectivity index (χ0) is 14.2. The van der Waals surface area contributed by atoms with Crippen LogP contribution in [0, 0.1) is 0 Å². The van der Waals surface area contributed by atoms with Crippen molar-refractivity contribution in [3.63, 3.8) is 0 Å². The number of hydrogen-bond donors (Lipinski definition) is 1. The van der Waals surface area contributed by atoms with Gasteiger partial charge in [0.25, 0.3) is 0 Å². The van der Waals surface area contributed by atoms with Crippen molar-refractivity contribution in [2.75, 3.05) is 11.4 Å². The third kappa shape index (κ3) is 1.97. The van der Waals surface area contributed by atoms with E-state index in [4.69, 9.17) is 5.73 Å². The Balaban J connectivity index is 1.86. The Morgan fingerprint density at radius 2 is 2.05 bits per heavy atom. The molecule has 0 saturated carbocycles. The first kappa shape index (κ1) is 12.3. The molecule has 0 radical (unpaired) electrons. The highest BCUT2D eigenvalue weighted by molar-refractivity contribution is 5.93. The summed E-state index contributed by atoms with van der Waals surface area (Å²) in [5.41, 5.74) is 9.25. The molecule has 2 N–H and O–H groups in total. The van der Waals surface area contributed by atoms with Gasteiger partial charge in [-0.1, -0.05) is 18.2 Å². The first-order valence-electron chi connectivity index (χ1n) is 7.18. The van der Waals surface area contributed by atoms with Gasteiger partial charge >= 0.3 is 0 Å². The Bertz CT molecular complexity index is 792. The van der Waals surface area contributed by atoms with Crippen LogP contribution >= 0.6 is 0 Å². The van der Waals surface area contributed by atoms with Gasteiger partial charge in [-0.2, -0.15) is 0 Å². The lowest BCUT2D eigenvalue weighted by Crippen LogP contribution is -2.34. The molecule has 0 fully saturated rings. The quantitative estimate of drug-likeness (QED) is 0.778. The number of aromatic nitrogens is 3. The van der Waals surface area contributed by atoms with E-state index in [1.807, 2.05) is 30.7 Å². The molecule has 2 aromatic heterocycles. The van der Waals surface area contributed by atoms with E-state index < -0.39 is 0 Å². The van der Waals surface area contributed by atoms with E-state index in [0.29, 0.717) is 6.54 Å². The maximum absolute atomic E-state index is 5.94. The van der Waals surface area contributed by atoms with E-state index in [9.17, 15) is 0 Å². The van der Waals surface area contributed by atoms with Crippen LogP contribution in [-0.4, -0.2) is 21.1 Å². The molecule has 0 amide bonds. The van der Waals surface area contributed by atoms with Crippen molar-refractivity contribution in [2.45, 2.75) is 19.6 Å². The number of anilines is 1. The molecule has 5 nitrogen and oxygen atoms in total. The van der Waals surface area contributed by atoms with Crippen molar-refractivity contribution in [2.24, 2.45) is 5.73 Å². The van der Waals surface area contributed by atoms with Crippen LogP contribution < -0.4 is 10.6 Å². The normalized spacial score (nSPS) is 14.4. The van der Waals surface area contributed by atoms with Crippen LogP contribution in [0.4, 0.5) is 5.69 Å². The Morgan fingerprint density at radius 1 is 1.14 bits per heavy atom. The number of benzene rings is 1. The lowest BCUT2D eigenvalue weighted by atomic mass is 10.1. The van der Waals surface area contributed by atoms with Crippen molar-refractivity contribution < 1.29 is 0 Å². The lowest BCUT2D eigenvalue weighted by Gasteiger charge is -2.32. The van der Waals surface area contributed by atoms with Gasteiger partial charge in [-0.3, -0.25) is 4.98 Å². The molecule has 0 aliphatic carbocycles. The predicted molar refractivity (Wildman–Crippen MR) is 82.9 cm³/mol. The molecule has 3 heterocycles. The summed E-state index contributed by atoms with van der Waals surface area (Å²) in [5, 5.41) is 1.17. The van der Waals surface area contributed by atoms with Gasteiger partial charge in [0, 0.05) is 49.2 Å². The molecule has 0 atom stereocenters. The zero-order valence-electron chi connectivity index (χ0n) is 11.7. The van der Waals surface area contributed by atoms with Gasteiger partial charge in [0.1, 0.15) is 5.82 Å². The van der Waals surface area contributed by atoms with E-state index in [1.165, 1.54) is 11.1 Å². The minimum Gasteiger partial charge on any atom is -0.361 e. The molecule has 0 unspecified atom stereocenters. The fourth-order valence-corrected chi connectivity index (χ4v) is 3.06. The van der Waals surface area contributed by atoms with Crippen LogP contribution in [0.2, 0.25) is 0 Å². The zero-order valence-corrected chi connectivity index (χ0v) is 11.7. The number of fused-ring (bicyclic) bond motifs is 2. The minimum absolute atomic E-state index is 0.498. The predicted octanol–water partition coefficient (Wildman–Crippen LogP) is 1.91. The average Bonchev–Trinajstić information content (AvgIpc) is 3.01. The molecule has 3 aromatic rings. The van der Waals surface area contributed by atoms with Crippen molar-refractivity contribution in [1.82, 2.24) is 14.5 Å². The SMILES string of the molecule is NCc1cnc2ccccc2c1N1CCn2ccnc2C1. The maximum atomic E-state index is 5.94. The standard InChI is InChI=1S/C16H17N5/c17-9-12-10-19-14-4-2-1-3-13(14)16(12)21-8-7-20-6-5-18-15(20)11-21/h1-6,10H,7-9,11,17H2. The number of nitrogens with two attached hydrogens (primary N) is 1. The molecule has 0 bridgehead atoms.